The van der Waals surface area contributed by atoms with Crippen LogP contribution in [-0.2, 0) is 16.0 Å². The number of nitrogens with zero attached hydrogens (tertiary/aromatic N) is 1. The Bertz CT molecular complexity index is 1630. The monoisotopic (exact) mass is 581 g/mol. The second kappa shape index (κ2) is 12.3. The molecule has 8 heteroatoms. The minimum atomic E-state index is -0.640. The van der Waals surface area contributed by atoms with E-state index in [-0.39, 0.29) is 23.4 Å². The van der Waals surface area contributed by atoms with Crippen LogP contribution in [0.4, 0.5) is 5.69 Å². The molecule has 5 rings (SSSR count). The SMILES string of the molecule is C=C(C)/C(=C(C)\C=C/C)c1ccccc1NC1Oc2ccc3cc2C1c1oc(nc1C(=O)OC)C(C(C)C)NC(=O)CC3. The molecule has 3 unspecified atom stereocenters. The average Bonchev–Trinajstić information content (AvgIpc) is 3.55. The fourth-order valence-electron chi connectivity index (χ4n) is 5.91. The van der Waals surface area contributed by atoms with E-state index < -0.39 is 24.2 Å². The molecule has 0 spiro atoms. The summed E-state index contributed by atoms with van der Waals surface area (Å²) in [6.07, 6.45) is 4.31. The molecule has 2 N–H and O–H groups in total. The van der Waals surface area contributed by atoms with Crippen LogP contribution in [-0.4, -0.2) is 30.2 Å². The predicted octanol–water partition coefficient (Wildman–Crippen LogP) is 7.11. The van der Waals surface area contributed by atoms with E-state index in [9.17, 15) is 9.59 Å². The van der Waals surface area contributed by atoms with Gasteiger partial charge < -0.3 is 24.5 Å². The first-order valence-corrected chi connectivity index (χ1v) is 14.7. The maximum atomic E-state index is 13.1. The lowest BCUT2D eigenvalue weighted by Gasteiger charge is -2.24. The van der Waals surface area contributed by atoms with E-state index in [0.29, 0.717) is 24.4 Å². The van der Waals surface area contributed by atoms with E-state index in [2.05, 4.69) is 41.3 Å². The van der Waals surface area contributed by atoms with Crippen molar-refractivity contribution in [1.82, 2.24) is 10.3 Å². The van der Waals surface area contributed by atoms with Gasteiger partial charge in [-0.3, -0.25) is 4.79 Å². The van der Waals surface area contributed by atoms with Crippen molar-refractivity contribution in [2.24, 2.45) is 5.92 Å². The van der Waals surface area contributed by atoms with E-state index in [1.54, 1.807) is 0 Å². The highest BCUT2D eigenvalue weighted by Gasteiger charge is 2.43. The second-order valence-electron chi connectivity index (χ2n) is 11.5. The molecule has 0 fully saturated rings. The number of allylic oxidation sites excluding steroid dienone is 5. The molecular formula is C35H39N3O5. The number of methoxy groups -OCH3 is 1. The first-order chi connectivity index (χ1) is 20.6. The van der Waals surface area contributed by atoms with Gasteiger partial charge in [-0.15, -0.1) is 0 Å². The van der Waals surface area contributed by atoms with Crippen LogP contribution in [0.25, 0.3) is 5.57 Å². The second-order valence-corrected chi connectivity index (χ2v) is 11.5. The molecule has 3 heterocycles. The zero-order chi connectivity index (χ0) is 30.8. The molecule has 2 aliphatic heterocycles. The van der Waals surface area contributed by atoms with Gasteiger partial charge in [0.15, 0.2) is 17.7 Å². The van der Waals surface area contributed by atoms with Gasteiger partial charge in [-0.1, -0.05) is 68.5 Å². The fraction of sp³-hybridized carbons (Fsp3) is 0.343. The van der Waals surface area contributed by atoms with Gasteiger partial charge in [-0.25, -0.2) is 9.78 Å². The van der Waals surface area contributed by atoms with Crippen molar-refractivity contribution in [3.8, 4) is 5.75 Å². The Morgan fingerprint density at radius 1 is 1.19 bits per heavy atom. The highest BCUT2D eigenvalue weighted by molar-refractivity contribution is 5.89. The molecule has 2 aliphatic rings. The number of carbonyl (C=O) groups is 2. The third-order valence-corrected chi connectivity index (χ3v) is 7.92. The number of rotatable bonds is 7. The summed E-state index contributed by atoms with van der Waals surface area (Å²) in [5, 5.41) is 6.68. The molecule has 1 aromatic heterocycles. The Morgan fingerprint density at radius 2 is 1.95 bits per heavy atom. The van der Waals surface area contributed by atoms with Crippen molar-refractivity contribution in [2.45, 2.75) is 65.6 Å². The zero-order valence-electron chi connectivity index (χ0n) is 25.6. The van der Waals surface area contributed by atoms with Crippen molar-refractivity contribution >= 4 is 23.1 Å². The number of ether oxygens (including phenoxy) is 2. The quantitative estimate of drug-likeness (QED) is 0.226. The minimum absolute atomic E-state index is 0.0364. The Morgan fingerprint density at radius 3 is 2.65 bits per heavy atom. The van der Waals surface area contributed by atoms with Gasteiger partial charge in [-0.05, 0) is 62.0 Å². The smallest absolute Gasteiger partial charge is 0.360 e. The number of para-hydroxylation sites is 1. The van der Waals surface area contributed by atoms with Gasteiger partial charge >= 0.3 is 5.97 Å². The van der Waals surface area contributed by atoms with E-state index in [1.807, 2.05) is 70.2 Å². The van der Waals surface area contributed by atoms with E-state index in [0.717, 1.165) is 39.1 Å². The Labute approximate surface area is 252 Å². The summed E-state index contributed by atoms with van der Waals surface area (Å²) in [6.45, 7) is 14.3. The summed E-state index contributed by atoms with van der Waals surface area (Å²) >= 11 is 0. The molecule has 0 saturated carbocycles. The first-order valence-electron chi connectivity index (χ1n) is 14.7. The third-order valence-electron chi connectivity index (χ3n) is 7.92. The zero-order valence-corrected chi connectivity index (χ0v) is 25.6. The largest absolute Gasteiger partial charge is 0.469 e. The van der Waals surface area contributed by atoms with Crippen LogP contribution in [0.1, 0.15) is 91.8 Å². The van der Waals surface area contributed by atoms with Crippen molar-refractivity contribution in [2.75, 3.05) is 12.4 Å². The van der Waals surface area contributed by atoms with Gasteiger partial charge in [0.25, 0.3) is 0 Å². The number of carbonyl (C=O) groups excluding carboxylic acids is 2. The third kappa shape index (κ3) is 5.87. The Balaban J connectivity index is 1.68. The minimum Gasteiger partial charge on any atom is -0.469 e. The van der Waals surface area contributed by atoms with Gasteiger partial charge in [0, 0.05) is 23.2 Å². The Kier molecular flexibility index (Phi) is 8.57. The molecule has 2 aromatic carbocycles. The van der Waals surface area contributed by atoms with Crippen LogP contribution in [0.15, 0.2) is 76.8 Å². The van der Waals surface area contributed by atoms with Gasteiger partial charge in [0.2, 0.25) is 11.8 Å². The lowest BCUT2D eigenvalue weighted by Crippen LogP contribution is -2.32. The molecule has 0 aliphatic carbocycles. The number of fused-ring (bicyclic) bond motifs is 4. The number of aromatic nitrogens is 1. The van der Waals surface area contributed by atoms with Crippen molar-refractivity contribution in [3.05, 3.63) is 106 Å². The molecule has 8 nitrogen and oxygen atoms in total. The summed E-state index contributed by atoms with van der Waals surface area (Å²) < 4.78 is 18.1. The van der Waals surface area contributed by atoms with Crippen molar-refractivity contribution < 1.29 is 23.5 Å². The first kappa shape index (κ1) is 29.9. The van der Waals surface area contributed by atoms with Crippen molar-refractivity contribution in [1.29, 1.82) is 0 Å². The number of hydrogen-bond donors (Lipinski definition) is 2. The molecule has 3 aromatic rings. The van der Waals surface area contributed by atoms with Crippen LogP contribution >= 0.6 is 0 Å². The number of anilines is 1. The van der Waals surface area contributed by atoms with E-state index in [1.165, 1.54) is 7.11 Å². The maximum Gasteiger partial charge on any atom is 0.360 e. The van der Waals surface area contributed by atoms with Crippen LogP contribution < -0.4 is 15.4 Å². The van der Waals surface area contributed by atoms with Gasteiger partial charge in [-0.2, -0.15) is 0 Å². The Hall–Kier alpha value is -4.59. The van der Waals surface area contributed by atoms with Crippen LogP contribution in [0.5, 0.6) is 5.75 Å². The lowest BCUT2D eigenvalue weighted by atomic mass is 9.91. The highest BCUT2D eigenvalue weighted by Crippen LogP contribution is 2.46. The lowest BCUT2D eigenvalue weighted by molar-refractivity contribution is -0.122. The number of oxazole rings is 1. The molecule has 4 bridgehead atoms. The predicted molar refractivity (Wildman–Crippen MR) is 167 cm³/mol. The average molecular weight is 582 g/mol. The summed E-state index contributed by atoms with van der Waals surface area (Å²) in [7, 11) is 1.32. The highest BCUT2D eigenvalue weighted by atomic mass is 16.5. The molecule has 0 saturated heterocycles. The molecule has 1 amide bonds. The molecular weight excluding hydrogens is 542 g/mol. The standard InChI is InChI=1S/C35H39N3O5/c1-8-11-21(6)28(19(2)3)23-12-9-10-13-25(23)36-33-29-24-18-22(14-16-26(24)42-33)15-17-27(39)37-30(20(4)5)34-38-31(32(29)43-34)35(40)41-7/h8-14,16,18,20,29-30,33,36H,2,15,17H2,1,3-7H3,(H,37,39)/b11-8-,28-21+. The molecule has 0 radical (unpaired) electrons. The molecule has 3 atom stereocenters. The molecule has 224 valence electrons. The summed E-state index contributed by atoms with van der Waals surface area (Å²) in [5.74, 6) is -0.0443. The number of hydrogen-bond acceptors (Lipinski definition) is 7. The molecule has 43 heavy (non-hydrogen) atoms. The number of amides is 1. The summed E-state index contributed by atoms with van der Waals surface area (Å²) in [4.78, 5) is 30.6. The normalized spacial score (nSPS) is 20.1. The number of esters is 1. The van der Waals surface area contributed by atoms with E-state index >= 15 is 0 Å². The van der Waals surface area contributed by atoms with Crippen molar-refractivity contribution in [3.63, 3.8) is 0 Å². The summed E-state index contributed by atoms with van der Waals surface area (Å²) in [5.41, 5.74) is 6.78. The van der Waals surface area contributed by atoms with Crippen LogP contribution in [0, 0.1) is 5.92 Å². The number of aryl methyl sites for hydroxylation is 1. The topological polar surface area (TPSA) is 103 Å². The van der Waals surface area contributed by atoms with Gasteiger partial charge in [0.05, 0.1) is 7.11 Å². The van der Waals surface area contributed by atoms with E-state index in [4.69, 9.17) is 13.9 Å². The van der Waals surface area contributed by atoms with Gasteiger partial charge in [0.1, 0.15) is 17.7 Å². The summed E-state index contributed by atoms with van der Waals surface area (Å²) in [6, 6.07) is 13.4. The van der Waals surface area contributed by atoms with Crippen LogP contribution in [0.2, 0.25) is 0 Å². The maximum absolute atomic E-state index is 13.1. The number of nitrogens with one attached hydrogen (secondary N) is 2. The van der Waals surface area contributed by atoms with Crippen LogP contribution in [0.3, 0.4) is 0 Å². The fourth-order valence-corrected chi connectivity index (χ4v) is 5.91. The number of benzene rings is 2.